The van der Waals surface area contributed by atoms with Crippen LogP contribution < -0.4 is 10.6 Å². The van der Waals surface area contributed by atoms with E-state index >= 15 is 0 Å². The van der Waals surface area contributed by atoms with Crippen molar-refractivity contribution in [3.8, 4) is 0 Å². The summed E-state index contributed by atoms with van der Waals surface area (Å²) in [5.41, 5.74) is 0.213. The summed E-state index contributed by atoms with van der Waals surface area (Å²) in [5, 5.41) is 5.81. The molecule has 6 heteroatoms. The molecule has 1 aliphatic heterocycles. The molecular weight excluding hydrogens is 301 g/mol. The molecule has 18 heavy (non-hydrogen) atoms. The van der Waals surface area contributed by atoms with E-state index in [4.69, 9.17) is 0 Å². The molecule has 0 atom stereocenters. The van der Waals surface area contributed by atoms with Gasteiger partial charge in [-0.05, 0) is 18.2 Å². The minimum absolute atomic E-state index is 0.186. The molecule has 0 unspecified atom stereocenters. The van der Waals surface area contributed by atoms with Crippen LogP contribution in [-0.4, -0.2) is 43.5 Å². The Balaban J connectivity index is 1.92. The van der Waals surface area contributed by atoms with Crippen LogP contribution in [0.1, 0.15) is 0 Å². The highest BCUT2D eigenvalue weighted by molar-refractivity contribution is 9.10. The number of anilines is 1. The van der Waals surface area contributed by atoms with Gasteiger partial charge in [0.2, 0.25) is 5.91 Å². The molecule has 2 N–H and O–H groups in total. The van der Waals surface area contributed by atoms with Gasteiger partial charge in [-0.15, -0.1) is 0 Å². The number of hydrogen-bond acceptors (Lipinski definition) is 3. The van der Waals surface area contributed by atoms with Gasteiger partial charge in [0.05, 0.1) is 12.2 Å². The largest absolute Gasteiger partial charge is 0.322 e. The molecule has 1 fully saturated rings. The molecule has 1 aromatic rings. The number of rotatable bonds is 3. The molecule has 2 rings (SSSR count). The van der Waals surface area contributed by atoms with Gasteiger partial charge < -0.3 is 10.6 Å². The van der Waals surface area contributed by atoms with E-state index in [0.717, 1.165) is 30.7 Å². The van der Waals surface area contributed by atoms with E-state index in [-0.39, 0.29) is 11.6 Å². The van der Waals surface area contributed by atoms with Crippen LogP contribution in [0.5, 0.6) is 0 Å². The first-order valence-electron chi connectivity index (χ1n) is 5.83. The third-order valence-electron chi connectivity index (χ3n) is 2.78. The second-order valence-electron chi connectivity index (χ2n) is 4.20. The van der Waals surface area contributed by atoms with Crippen LogP contribution in [0.25, 0.3) is 0 Å². The van der Waals surface area contributed by atoms with Crippen molar-refractivity contribution in [1.29, 1.82) is 0 Å². The minimum atomic E-state index is -0.424. The van der Waals surface area contributed by atoms with Gasteiger partial charge in [0, 0.05) is 30.7 Å². The van der Waals surface area contributed by atoms with Crippen LogP contribution in [-0.2, 0) is 4.79 Å². The van der Waals surface area contributed by atoms with Crippen molar-refractivity contribution >= 4 is 27.5 Å². The van der Waals surface area contributed by atoms with Gasteiger partial charge in [0.15, 0.2) is 0 Å². The predicted octanol–water partition coefficient (Wildman–Crippen LogP) is 1.43. The second-order valence-corrected chi connectivity index (χ2v) is 5.11. The lowest BCUT2D eigenvalue weighted by molar-refractivity contribution is -0.117. The molecule has 1 heterocycles. The van der Waals surface area contributed by atoms with Crippen LogP contribution in [0, 0.1) is 5.82 Å². The third kappa shape index (κ3) is 3.76. The Kier molecular flexibility index (Phi) is 4.68. The van der Waals surface area contributed by atoms with Crippen molar-refractivity contribution in [2.45, 2.75) is 0 Å². The smallest absolute Gasteiger partial charge is 0.238 e. The summed E-state index contributed by atoms with van der Waals surface area (Å²) in [5.74, 6) is -0.610. The van der Waals surface area contributed by atoms with Crippen LogP contribution in [0.15, 0.2) is 22.7 Å². The van der Waals surface area contributed by atoms with Crippen molar-refractivity contribution in [2.75, 3.05) is 38.0 Å². The molecule has 0 aromatic heterocycles. The van der Waals surface area contributed by atoms with Crippen molar-refractivity contribution < 1.29 is 9.18 Å². The highest BCUT2D eigenvalue weighted by Gasteiger charge is 2.14. The number of nitrogens with zero attached hydrogens (tertiary/aromatic N) is 1. The Morgan fingerprint density at radius 1 is 1.44 bits per heavy atom. The molecule has 0 saturated carbocycles. The number of nitrogens with one attached hydrogen (secondary N) is 2. The van der Waals surface area contributed by atoms with E-state index in [2.05, 4.69) is 26.6 Å². The molecule has 1 aromatic carbocycles. The lowest BCUT2D eigenvalue weighted by Crippen LogP contribution is -2.46. The van der Waals surface area contributed by atoms with Crippen molar-refractivity contribution in [3.05, 3.63) is 28.5 Å². The molecule has 98 valence electrons. The summed E-state index contributed by atoms with van der Waals surface area (Å²) >= 11 is 3.25. The summed E-state index contributed by atoms with van der Waals surface area (Å²) < 4.78 is 14.2. The highest BCUT2D eigenvalue weighted by Crippen LogP contribution is 2.19. The molecule has 1 amide bonds. The summed E-state index contributed by atoms with van der Waals surface area (Å²) in [6, 6.07) is 4.48. The summed E-state index contributed by atoms with van der Waals surface area (Å²) in [6.45, 7) is 3.76. The van der Waals surface area contributed by atoms with E-state index in [9.17, 15) is 9.18 Å². The zero-order chi connectivity index (χ0) is 13.0. The SMILES string of the molecule is O=C(CN1CCNCC1)Nc1cc(Br)ccc1F. The third-order valence-corrected chi connectivity index (χ3v) is 3.27. The molecule has 0 aliphatic carbocycles. The highest BCUT2D eigenvalue weighted by atomic mass is 79.9. The van der Waals surface area contributed by atoms with Crippen molar-refractivity contribution in [1.82, 2.24) is 10.2 Å². The van der Waals surface area contributed by atoms with Crippen molar-refractivity contribution in [2.24, 2.45) is 0 Å². The first-order chi connectivity index (χ1) is 8.65. The van der Waals surface area contributed by atoms with E-state index < -0.39 is 5.82 Å². The van der Waals surface area contributed by atoms with E-state index in [1.165, 1.54) is 6.07 Å². The molecular formula is C12H15BrFN3O. The first-order valence-corrected chi connectivity index (χ1v) is 6.62. The van der Waals surface area contributed by atoms with Gasteiger partial charge in [-0.2, -0.15) is 0 Å². The minimum Gasteiger partial charge on any atom is -0.322 e. The molecule has 0 radical (unpaired) electrons. The number of halogens is 2. The predicted molar refractivity (Wildman–Crippen MR) is 72.0 cm³/mol. The van der Waals surface area contributed by atoms with Gasteiger partial charge in [-0.25, -0.2) is 4.39 Å². The first kappa shape index (κ1) is 13.5. The van der Waals surface area contributed by atoms with Crippen LogP contribution in [0.4, 0.5) is 10.1 Å². The van der Waals surface area contributed by atoms with Crippen LogP contribution in [0.2, 0.25) is 0 Å². The van der Waals surface area contributed by atoms with Gasteiger partial charge in [-0.3, -0.25) is 9.69 Å². The second kappa shape index (κ2) is 6.26. The Morgan fingerprint density at radius 2 is 2.17 bits per heavy atom. The average Bonchev–Trinajstić information content (AvgIpc) is 2.35. The fourth-order valence-corrected chi connectivity index (χ4v) is 2.22. The zero-order valence-electron chi connectivity index (χ0n) is 9.88. The molecule has 4 nitrogen and oxygen atoms in total. The van der Waals surface area contributed by atoms with Gasteiger partial charge in [0.1, 0.15) is 5.82 Å². The maximum Gasteiger partial charge on any atom is 0.238 e. The topological polar surface area (TPSA) is 44.4 Å². The zero-order valence-corrected chi connectivity index (χ0v) is 11.5. The molecule has 0 bridgehead atoms. The molecule has 0 spiro atoms. The van der Waals surface area contributed by atoms with E-state index in [1.54, 1.807) is 12.1 Å². The Bertz CT molecular complexity index is 435. The van der Waals surface area contributed by atoms with Gasteiger partial charge in [0.25, 0.3) is 0 Å². The summed E-state index contributed by atoms with van der Waals surface area (Å²) in [4.78, 5) is 13.8. The number of carbonyl (C=O) groups is 1. The number of carbonyl (C=O) groups excluding carboxylic acids is 1. The Hall–Kier alpha value is -0.980. The normalized spacial score (nSPS) is 16.6. The van der Waals surface area contributed by atoms with E-state index in [0.29, 0.717) is 6.54 Å². The van der Waals surface area contributed by atoms with Gasteiger partial charge >= 0.3 is 0 Å². The average molecular weight is 316 g/mol. The summed E-state index contributed by atoms with van der Waals surface area (Å²) in [7, 11) is 0. The standard InChI is InChI=1S/C12H15BrFN3O/c13-9-1-2-10(14)11(7-9)16-12(18)8-17-5-3-15-4-6-17/h1-2,7,15H,3-6,8H2,(H,16,18). The van der Waals surface area contributed by atoms with Crippen molar-refractivity contribution in [3.63, 3.8) is 0 Å². The van der Waals surface area contributed by atoms with Crippen LogP contribution in [0.3, 0.4) is 0 Å². The maximum absolute atomic E-state index is 13.4. The Morgan fingerprint density at radius 3 is 2.89 bits per heavy atom. The summed E-state index contributed by atoms with van der Waals surface area (Å²) in [6.07, 6.45) is 0. The fraction of sp³-hybridized carbons (Fsp3) is 0.417. The number of piperazine rings is 1. The Labute approximate surface area is 114 Å². The van der Waals surface area contributed by atoms with E-state index in [1.807, 2.05) is 4.90 Å². The lowest BCUT2D eigenvalue weighted by Gasteiger charge is -2.26. The van der Waals surface area contributed by atoms with Gasteiger partial charge in [-0.1, -0.05) is 15.9 Å². The lowest BCUT2D eigenvalue weighted by atomic mass is 10.3. The number of benzene rings is 1. The molecule has 1 saturated heterocycles. The number of amides is 1. The number of hydrogen-bond donors (Lipinski definition) is 2. The monoisotopic (exact) mass is 315 g/mol. The quantitative estimate of drug-likeness (QED) is 0.887. The fourth-order valence-electron chi connectivity index (χ4n) is 1.86. The van der Waals surface area contributed by atoms with Crippen LogP contribution >= 0.6 is 15.9 Å². The maximum atomic E-state index is 13.4. The molecule has 1 aliphatic rings.